The summed E-state index contributed by atoms with van der Waals surface area (Å²) in [6.07, 6.45) is 1.96. The third-order valence-electron chi connectivity index (χ3n) is 3.19. The summed E-state index contributed by atoms with van der Waals surface area (Å²) in [5.74, 6) is 0.120. The molecule has 3 nitrogen and oxygen atoms in total. The second kappa shape index (κ2) is 8.25. The molecule has 25 heavy (non-hydrogen) atoms. The molecular formula is C16H15ClF3N3S2. The molecule has 134 valence electrons. The van der Waals surface area contributed by atoms with Crippen LogP contribution in [0.2, 0.25) is 5.02 Å². The Bertz CT molecular complexity index is 781. The van der Waals surface area contributed by atoms with Gasteiger partial charge in [-0.2, -0.15) is 13.2 Å². The Hall–Kier alpha value is -1.51. The van der Waals surface area contributed by atoms with Gasteiger partial charge in [0, 0.05) is 22.5 Å². The molecule has 0 heterocycles. The van der Waals surface area contributed by atoms with E-state index in [1.807, 2.05) is 30.5 Å². The van der Waals surface area contributed by atoms with Crippen molar-refractivity contribution in [1.29, 1.82) is 0 Å². The zero-order chi connectivity index (χ0) is 18.6. The fraction of sp³-hybridized carbons (Fsp3) is 0.188. The maximum Gasteiger partial charge on any atom is 0.446 e. The molecule has 0 aliphatic heterocycles. The minimum atomic E-state index is -4.42. The zero-order valence-corrected chi connectivity index (χ0v) is 15.7. The van der Waals surface area contributed by atoms with Gasteiger partial charge in [0.05, 0.1) is 10.7 Å². The molecule has 0 spiro atoms. The highest BCUT2D eigenvalue weighted by molar-refractivity contribution is 8.00. The second-order valence-corrected chi connectivity index (χ2v) is 7.23. The van der Waals surface area contributed by atoms with Crippen molar-refractivity contribution in [3.05, 3.63) is 47.5 Å². The van der Waals surface area contributed by atoms with Gasteiger partial charge in [-0.3, -0.25) is 0 Å². The lowest BCUT2D eigenvalue weighted by atomic mass is 10.3. The molecule has 2 aromatic rings. The lowest BCUT2D eigenvalue weighted by molar-refractivity contribution is -0.0328. The van der Waals surface area contributed by atoms with Crippen molar-refractivity contribution < 1.29 is 13.2 Å². The molecule has 0 atom stereocenters. The van der Waals surface area contributed by atoms with Gasteiger partial charge < -0.3 is 10.6 Å². The fourth-order valence-electron chi connectivity index (χ4n) is 1.94. The van der Waals surface area contributed by atoms with Gasteiger partial charge >= 0.3 is 5.51 Å². The van der Waals surface area contributed by atoms with E-state index in [9.17, 15) is 13.2 Å². The lowest BCUT2D eigenvalue weighted by Gasteiger charge is -2.19. The standard InChI is InChI=1S/C16H15ClF3N3S2/c1-23(10-5-3-6-11(9-10)24-2)15(21)22-12-7-4-8-13(14(12)17)25-16(18,19)20/h3-9H,1-2H3,(H2,21,22). The monoisotopic (exact) mass is 405 g/mol. The van der Waals surface area contributed by atoms with Gasteiger partial charge in [-0.15, -0.1) is 11.8 Å². The van der Waals surface area contributed by atoms with Crippen molar-refractivity contribution in [3.8, 4) is 0 Å². The van der Waals surface area contributed by atoms with Crippen molar-refractivity contribution in [3.63, 3.8) is 0 Å². The number of rotatable bonds is 4. The van der Waals surface area contributed by atoms with E-state index < -0.39 is 5.51 Å². The highest BCUT2D eigenvalue weighted by atomic mass is 35.5. The van der Waals surface area contributed by atoms with Crippen LogP contribution in [0.4, 0.5) is 24.5 Å². The van der Waals surface area contributed by atoms with Crippen molar-refractivity contribution in [2.75, 3.05) is 18.2 Å². The molecule has 0 aliphatic carbocycles. The molecule has 0 fully saturated rings. The number of hydrogen-bond acceptors (Lipinski definition) is 3. The highest BCUT2D eigenvalue weighted by Crippen LogP contribution is 2.43. The number of thioether (sulfide) groups is 2. The van der Waals surface area contributed by atoms with E-state index in [0.717, 1.165) is 10.6 Å². The van der Waals surface area contributed by atoms with Crippen LogP contribution in [0.3, 0.4) is 0 Å². The smallest absolute Gasteiger partial charge is 0.369 e. The second-order valence-electron chi connectivity index (χ2n) is 4.87. The van der Waals surface area contributed by atoms with Crippen LogP contribution >= 0.6 is 35.1 Å². The van der Waals surface area contributed by atoms with E-state index >= 15 is 0 Å². The van der Waals surface area contributed by atoms with Crippen molar-refractivity contribution >= 4 is 52.5 Å². The Labute approximate surface area is 157 Å². The number of nitrogens with zero attached hydrogens (tertiary/aromatic N) is 2. The number of anilines is 1. The number of nitrogens with two attached hydrogens (primary N) is 1. The highest BCUT2D eigenvalue weighted by Gasteiger charge is 2.30. The first-order valence-corrected chi connectivity index (χ1v) is 9.39. The Morgan fingerprint density at radius 2 is 1.88 bits per heavy atom. The minimum Gasteiger partial charge on any atom is -0.369 e. The summed E-state index contributed by atoms with van der Waals surface area (Å²) < 4.78 is 37.7. The van der Waals surface area contributed by atoms with Crippen molar-refractivity contribution in [2.24, 2.45) is 10.7 Å². The molecule has 0 aliphatic rings. The number of aliphatic imine (C=N–C) groups is 1. The van der Waals surface area contributed by atoms with Gasteiger partial charge in [0.1, 0.15) is 0 Å². The summed E-state index contributed by atoms with van der Waals surface area (Å²) in [7, 11) is 1.72. The van der Waals surface area contributed by atoms with E-state index in [1.165, 1.54) is 18.2 Å². The van der Waals surface area contributed by atoms with Crippen LogP contribution in [0.25, 0.3) is 0 Å². The van der Waals surface area contributed by atoms with Crippen LogP contribution in [0.5, 0.6) is 0 Å². The summed E-state index contributed by atoms with van der Waals surface area (Å²) >= 11 is 7.36. The summed E-state index contributed by atoms with van der Waals surface area (Å²) in [6, 6.07) is 11.9. The molecule has 0 saturated carbocycles. The van der Waals surface area contributed by atoms with Crippen LogP contribution in [0.15, 0.2) is 57.2 Å². The summed E-state index contributed by atoms with van der Waals surface area (Å²) in [5, 5.41) is -0.0842. The van der Waals surface area contributed by atoms with Crippen LogP contribution < -0.4 is 10.6 Å². The fourth-order valence-corrected chi connectivity index (χ4v) is 3.27. The topological polar surface area (TPSA) is 41.6 Å². The average Bonchev–Trinajstić information content (AvgIpc) is 2.56. The molecule has 0 bridgehead atoms. The predicted molar refractivity (Wildman–Crippen MR) is 101 cm³/mol. The van der Waals surface area contributed by atoms with Gasteiger partial charge in [-0.1, -0.05) is 23.7 Å². The van der Waals surface area contributed by atoms with Crippen molar-refractivity contribution in [2.45, 2.75) is 15.3 Å². The number of hydrogen-bond donors (Lipinski definition) is 1. The molecular weight excluding hydrogens is 391 g/mol. The van der Waals surface area contributed by atoms with Gasteiger partial charge in [-0.25, -0.2) is 4.99 Å². The molecule has 0 amide bonds. The first kappa shape index (κ1) is 19.8. The number of guanidine groups is 1. The summed E-state index contributed by atoms with van der Waals surface area (Å²) in [4.78, 5) is 6.76. The van der Waals surface area contributed by atoms with Gasteiger partial charge in [0.2, 0.25) is 5.96 Å². The van der Waals surface area contributed by atoms with Gasteiger partial charge in [0.25, 0.3) is 0 Å². The quantitative estimate of drug-likeness (QED) is 0.399. The Kier molecular flexibility index (Phi) is 6.53. The first-order valence-electron chi connectivity index (χ1n) is 6.97. The van der Waals surface area contributed by atoms with E-state index in [0.29, 0.717) is 0 Å². The normalized spacial score (nSPS) is 12.3. The maximum atomic E-state index is 12.6. The lowest BCUT2D eigenvalue weighted by Crippen LogP contribution is -2.33. The first-order chi connectivity index (χ1) is 11.7. The van der Waals surface area contributed by atoms with Gasteiger partial charge in [-0.05, 0) is 48.3 Å². The maximum absolute atomic E-state index is 12.6. The Balaban J connectivity index is 2.31. The largest absolute Gasteiger partial charge is 0.446 e. The number of benzene rings is 2. The summed E-state index contributed by atoms with van der Waals surface area (Å²) in [5.41, 5.74) is 2.57. The van der Waals surface area contributed by atoms with Crippen LogP contribution in [0.1, 0.15) is 0 Å². The molecule has 0 aromatic heterocycles. The number of alkyl halides is 3. The summed E-state index contributed by atoms with van der Waals surface area (Å²) in [6.45, 7) is 0. The number of halogens is 4. The SMILES string of the molecule is CSc1cccc(N(C)C(N)=Nc2cccc(SC(F)(F)F)c2Cl)c1. The molecule has 0 saturated heterocycles. The molecule has 2 rings (SSSR count). The predicted octanol–water partition coefficient (Wildman–Crippen LogP) is 5.76. The molecule has 0 unspecified atom stereocenters. The molecule has 0 radical (unpaired) electrons. The zero-order valence-electron chi connectivity index (χ0n) is 13.3. The van der Waals surface area contributed by atoms with Crippen molar-refractivity contribution in [1.82, 2.24) is 0 Å². The van der Waals surface area contributed by atoms with E-state index in [-0.39, 0.29) is 33.3 Å². The molecule has 9 heteroatoms. The van der Waals surface area contributed by atoms with E-state index in [1.54, 1.807) is 23.7 Å². The van der Waals surface area contributed by atoms with E-state index in [4.69, 9.17) is 17.3 Å². The van der Waals surface area contributed by atoms with Crippen LogP contribution in [0, 0.1) is 0 Å². The average molecular weight is 406 g/mol. The molecule has 2 aromatic carbocycles. The third kappa shape index (κ3) is 5.49. The van der Waals surface area contributed by atoms with Gasteiger partial charge in [0.15, 0.2) is 0 Å². The Morgan fingerprint density at radius 3 is 2.52 bits per heavy atom. The molecule has 2 N–H and O–H groups in total. The Morgan fingerprint density at radius 1 is 1.20 bits per heavy atom. The van der Waals surface area contributed by atoms with E-state index in [2.05, 4.69) is 4.99 Å². The third-order valence-corrected chi connectivity index (χ3v) is 5.21. The minimum absolute atomic E-state index is 0.0842. The van der Waals surface area contributed by atoms with Crippen LogP contribution in [-0.2, 0) is 0 Å². The van der Waals surface area contributed by atoms with Crippen LogP contribution in [-0.4, -0.2) is 24.8 Å².